The fourth-order valence-electron chi connectivity index (χ4n) is 4.49. The van der Waals surface area contributed by atoms with Crippen molar-refractivity contribution in [3.05, 3.63) is 36.3 Å². The highest BCUT2D eigenvalue weighted by Gasteiger charge is 2.62. The molecule has 1 aliphatic heterocycles. The monoisotopic (exact) mass is 565 g/mol. The summed E-state index contributed by atoms with van der Waals surface area (Å²) in [5.41, 5.74) is 1.53. The summed E-state index contributed by atoms with van der Waals surface area (Å²) in [4.78, 5) is 43.5. The smallest absolute Gasteiger partial charge is 0.341 e. The molecule has 40 heavy (non-hydrogen) atoms. The number of alkyl halides is 3. The van der Waals surface area contributed by atoms with Gasteiger partial charge in [-0.25, -0.2) is 0 Å². The highest BCUT2D eigenvalue weighted by molar-refractivity contribution is 5.87. The molecule has 2 aromatic rings. The molecule has 1 saturated carbocycles. The molecule has 1 aliphatic carbocycles. The van der Waals surface area contributed by atoms with E-state index in [0.717, 1.165) is 11.3 Å². The molecule has 13 heteroatoms. The molecule has 1 saturated heterocycles. The van der Waals surface area contributed by atoms with Crippen molar-refractivity contribution in [2.45, 2.75) is 46.8 Å². The van der Waals surface area contributed by atoms with Crippen LogP contribution in [0.4, 0.5) is 13.2 Å². The van der Waals surface area contributed by atoms with Gasteiger partial charge in [-0.3, -0.25) is 24.2 Å². The number of likely N-dealkylation sites (tertiary alicyclic amines) is 1. The first-order chi connectivity index (χ1) is 18.7. The summed E-state index contributed by atoms with van der Waals surface area (Å²) < 4.78 is 37.3. The number of amides is 3. The van der Waals surface area contributed by atoms with Gasteiger partial charge in [0.15, 0.2) is 0 Å². The molecular formula is C27H36F3N6O4+. The average Bonchev–Trinajstić information content (AvgIpc) is 3.21. The van der Waals surface area contributed by atoms with Gasteiger partial charge in [0.1, 0.15) is 13.2 Å². The molecule has 3 amide bonds. The van der Waals surface area contributed by atoms with Gasteiger partial charge in [-0.05, 0) is 29.2 Å². The number of nitriles is 1. The highest BCUT2D eigenvalue weighted by Crippen LogP contribution is 2.61. The van der Waals surface area contributed by atoms with Crippen LogP contribution in [-0.2, 0) is 14.4 Å². The minimum atomic E-state index is -4.94. The Bertz CT molecular complexity index is 1220. The second-order valence-electron chi connectivity index (χ2n) is 10.8. The predicted molar refractivity (Wildman–Crippen MR) is 139 cm³/mol. The molecule has 4 rings (SSSR count). The molecule has 2 aromatic heterocycles. The molecule has 0 spiro atoms. The third-order valence-corrected chi connectivity index (χ3v) is 6.70. The summed E-state index contributed by atoms with van der Waals surface area (Å²) >= 11 is 0. The minimum Gasteiger partial charge on any atom is -0.341 e. The van der Waals surface area contributed by atoms with E-state index in [1.165, 1.54) is 16.7 Å². The molecule has 2 aliphatic rings. The van der Waals surface area contributed by atoms with E-state index >= 15 is 0 Å². The summed E-state index contributed by atoms with van der Waals surface area (Å²) in [5, 5.41) is 13.9. The summed E-state index contributed by atoms with van der Waals surface area (Å²) in [6.45, 7) is 11.3. The van der Waals surface area contributed by atoms with Crippen molar-refractivity contribution >= 4 is 29.1 Å². The fourth-order valence-corrected chi connectivity index (χ4v) is 4.49. The molecule has 0 radical (unpaired) electrons. The lowest BCUT2D eigenvalue weighted by Crippen LogP contribution is -2.44. The van der Waals surface area contributed by atoms with Crippen molar-refractivity contribution < 1.29 is 37.1 Å². The fraction of sp³-hybridized carbons (Fsp3) is 0.556. The second-order valence-corrected chi connectivity index (χ2v) is 10.8. The largest absolute Gasteiger partial charge is 0.471 e. The van der Waals surface area contributed by atoms with Crippen LogP contribution in [0, 0.1) is 34.5 Å². The Hall–Kier alpha value is -3.95. The minimum absolute atomic E-state index is 0.242. The van der Waals surface area contributed by atoms with Crippen molar-refractivity contribution in [3.63, 3.8) is 0 Å². The van der Waals surface area contributed by atoms with Crippen LogP contribution in [0.25, 0.3) is 10.9 Å². The number of rotatable bonds is 6. The maximum Gasteiger partial charge on any atom is 0.471 e. The lowest BCUT2D eigenvalue weighted by atomic mass is 10.1. The van der Waals surface area contributed by atoms with E-state index in [-0.39, 0.29) is 5.41 Å². The predicted octanol–water partition coefficient (Wildman–Crippen LogP) is 2.33. The van der Waals surface area contributed by atoms with E-state index < -0.39 is 30.6 Å². The van der Waals surface area contributed by atoms with E-state index in [1.54, 1.807) is 23.9 Å². The van der Waals surface area contributed by atoms with E-state index in [0.29, 0.717) is 42.4 Å². The number of aromatic nitrogens is 2. The summed E-state index contributed by atoms with van der Waals surface area (Å²) in [7, 11) is 1.53. The maximum absolute atomic E-state index is 11.9. The van der Waals surface area contributed by atoms with Crippen LogP contribution in [0.5, 0.6) is 0 Å². The van der Waals surface area contributed by atoms with Gasteiger partial charge in [0.05, 0.1) is 23.6 Å². The first-order valence-electron chi connectivity index (χ1n) is 12.7. The van der Waals surface area contributed by atoms with Crippen LogP contribution in [0.2, 0.25) is 0 Å². The first-order valence-corrected chi connectivity index (χ1v) is 12.7. The van der Waals surface area contributed by atoms with Gasteiger partial charge >= 0.3 is 12.1 Å². The molecule has 3 heterocycles. The van der Waals surface area contributed by atoms with E-state index in [2.05, 4.69) is 44.9 Å². The highest BCUT2D eigenvalue weighted by atomic mass is 19.4. The summed E-state index contributed by atoms with van der Waals surface area (Å²) in [6.07, 6.45) is 0.495. The SMILES string of the molecule is CC(C)C.CC1(C)C2CN(C(=O)CNC(=O)C(F)(F)F)CC21.CO[n+]1cccc2cncc(C(C#N)NC=O)c21. The number of nitrogens with one attached hydrogen (secondary N) is 2. The second kappa shape index (κ2) is 13.4. The zero-order chi connectivity index (χ0) is 30.3. The van der Waals surface area contributed by atoms with E-state index in [4.69, 9.17) is 10.1 Å². The third-order valence-electron chi connectivity index (χ3n) is 6.70. The molecule has 2 fully saturated rings. The van der Waals surface area contributed by atoms with Gasteiger partial charge in [-0.15, -0.1) is 0 Å². The van der Waals surface area contributed by atoms with Crippen molar-refractivity contribution in [2.75, 3.05) is 26.7 Å². The first kappa shape index (κ1) is 32.3. The Kier molecular flexibility index (Phi) is 10.8. The Labute approximate surface area is 231 Å². The van der Waals surface area contributed by atoms with Crippen LogP contribution in [0.15, 0.2) is 30.7 Å². The van der Waals surface area contributed by atoms with Crippen LogP contribution in [-0.4, -0.2) is 61.0 Å². The van der Waals surface area contributed by atoms with Crippen molar-refractivity contribution in [1.82, 2.24) is 20.5 Å². The lowest BCUT2D eigenvalue weighted by Gasteiger charge is -2.22. The molecule has 0 bridgehead atoms. The summed E-state index contributed by atoms with van der Waals surface area (Å²) in [6, 6.07) is 4.92. The van der Waals surface area contributed by atoms with Crippen LogP contribution >= 0.6 is 0 Å². The zero-order valence-corrected chi connectivity index (χ0v) is 23.5. The number of piperidine rings is 1. The van der Waals surface area contributed by atoms with Gasteiger partial charge in [-0.2, -0.15) is 18.4 Å². The van der Waals surface area contributed by atoms with Gasteiger partial charge < -0.3 is 15.5 Å². The van der Waals surface area contributed by atoms with E-state index in [9.17, 15) is 27.6 Å². The third kappa shape index (κ3) is 8.03. The Balaban J connectivity index is 0.000000247. The van der Waals surface area contributed by atoms with Gasteiger partial charge in [0, 0.05) is 36.3 Å². The number of fused-ring (bicyclic) bond motifs is 2. The maximum atomic E-state index is 11.9. The number of pyridine rings is 2. The molecule has 0 aromatic carbocycles. The van der Waals surface area contributed by atoms with Crippen molar-refractivity contribution in [1.29, 1.82) is 5.26 Å². The topological polar surface area (TPSA) is 128 Å². The zero-order valence-electron chi connectivity index (χ0n) is 23.5. The van der Waals surface area contributed by atoms with Gasteiger partial charge in [0.2, 0.25) is 18.5 Å². The Morgan fingerprint density at radius 2 is 1.88 bits per heavy atom. The number of halogens is 3. The number of carbonyl (C=O) groups excluding carboxylic acids is 3. The molecular weight excluding hydrogens is 529 g/mol. The molecule has 3 unspecified atom stereocenters. The number of hydrogen-bond acceptors (Lipinski definition) is 6. The number of hydrogen-bond donors (Lipinski definition) is 2. The Morgan fingerprint density at radius 3 is 2.38 bits per heavy atom. The quantitative estimate of drug-likeness (QED) is 0.409. The van der Waals surface area contributed by atoms with Gasteiger partial charge in [-0.1, -0.05) is 34.6 Å². The number of nitrogens with zero attached hydrogens (tertiary/aromatic N) is 4. The van der Waals surface area contributed by atoms with Gasteiger partial charge in [0.25, 0.3) is 5.52 Å². The van der Waals surface area contributed by atoms with Crippen molar-refractivity contribution in [3.8, 4) is 6.07 Å². The normalized spacial score (nSPS) is 19.1. The molecule has 3 atom stereocenters. The number of carbonyl (C=O) groups is 3. The van der Waals surface area contributed by atoms with Crippen molar-refractivity contribution in [2.24, 2.45) is 23.2 Å². The lowest BCUT2D eigenvalue weighted by molar-refractivity contribution is -0.865. The molecule has 218 valence electrons. The van der Waals surface area contributed by atoms with Crippen LogP contribution < -0.4 is 20.2 Å². The Morgan fingerprint density at radius 1 is 1.27 bits per heavy atom. The van der Waals surface area contributed by atoms with Crippen LogP contribution in [0.1, 0.15) is 46.2 Å². The standard InChI is InChI=1S/C12H10N4O2.C11H15F3N2O2.C4H10/c1-18-16-4-2-3-9-6-14-7-10(12(9)16)11(5-13)15-8-17;1-10(2)6-4-16(5-7(6)10)8(17)3-15-9(18)11(12,13)14;1-4(2)3/h2-4,6-8,11H,1H3;6-7H,3-5H2,1-2H3,(H,15,18);4H,1-3H3/p+1. The molecule has 10 nitrogen and oxygen atoms in total. The summed E-state index contributed by atoms with van der Waals surface area (Å²) in [5.74, 6) is -0.796. The molecule has 2 N–H and O–H groups in total. The van der Waals surface area contributed by atoms with E-state index in [1.807, 2.05) is 18.2 Å². The average molecular weight is 566 g/mol. The van der Waals surface area contributed by atoms with Crippen LogP contribution in [0.3, 0.4) is 0 Å².